The van der Waals surface area contributed by atoms with E-state index in [0.717, 1.165) is 18.5 Å². The van der Waals surface area contributed by atoms with Crippen molar-refractivity contribution >= 4 is 0 Å². The summed E-state index contributed by atoms with van der Waals surface area (Å²) in [4.78, 5) is 0. The molecule has 0 bridgehead atoms. The molecule has 17 heavy (non-hydrogen) atoms. The minimum atomic E-state index is -0.590. The molecule has 0 radical (unpaired) electrons. The van der Waals surface area contributed by atoms with E-state index in [1.165, 1.54) is 0 Å². The predicted octanol–water partition coefficient (Wildman–Crippen LogP) is 0.516. The smallest absolute Gasteiger partial charge is 0.0648 e. The zero-order valence-electron chi connectivity index (χ0n) is 10.7. The summed E-state index contributed by atoms with van der Waals surface area (Å²) in [5, 5.41) is 26.0. The van der Waals surface area contributed by atoms with Crippen molar-refractivity contribution in [3.05, 3.63) is 18.0 Å². The molecular weight excluding hydrogens is 218 g/mol. The monoisotopic (exact) mass is 241 g/mol. The number of nitrogens with one attached hydrogen (secondary N) is 1. The van der Waals surface area contributed by atoms with Crippen LogP contribution in [0.2, 0.25) is 0 Å². The number of hydrogen-bond donors (Lipinski definition) is 3. The van der Waals surface area contributed by atoms with Crippen LogP contribution < -0.4 is 5.32 Å². The number of rotatable bonds is 8. The molecule has 98 valence electrons. The summed E-state index contributed by atoms with van der Waals surface area (Å²) in [5.41, 5.74) is 0.477. The number of aliphatic hydroxyl groups is 2. The molecule has 0 aliphatic carbocycles. The van der Waals surface area contributed by atoms with Crippen molar-refractivity contribution in [1.82, 2.24) is 15.1 Å². The summed E-state index contributed by atoms with van der Waals surface area (Å²) >= 11 is 0. The highest BCUT2D eigenvalue weighted by Gasteiger charge is 2.25. The molecule has 1 rings (SSSR count). The average molecular weight is 241 g/mol. The number of aliphatic hydroxyl groups excluding tert-OH is 2. The van der Waals surface area contributed by atoms with Crippen molar-refractivity contribution in [3.8, 4) is 0 Å². The quantitative estimate of drug-likeness (QED) is 0.620. The van der Waals surface area contributed by atoms with Crippen LogP contribution in [0, 0.1) is 0 Å². The van der Waals surface area contributed by atoms with Gasteiger partial charge in [-0.05, 0) is 12.8 Å². The Morgan fingerprint density at radius 3 is 2.59 bits per heavy atom. The lowest BCUT2D eigenvalue weighted by Crippen LogP contribution is -2.50. The number of nitrogens with zero attached hydrogens (tertiary/aromatic N) is 2. The summed E-state index contributed by atoms with van der Waals surface area (Å²) in [6.45, 7) is 5.45. The van der Waals surface area contributed by atoms with Crippen LogP contribution in [0.25, 0.3) is 0 Å². The zero-order valence-corrected chi connectivity index (χ0v) is 10.7. The first-order valence-electron chi connectivity index (χ1n) is 6.17. The van der Waals surface area contributed by atoms with Gasteiger partial charge in [0.2, 0.25) is 0 Å². The Morgan fingerprint density at radius 2 is 2.06 bits per heavy atom. The number of aryl methyl sites for hydroxylation is 1. The van der Waals surface area contributed by atoms with Gasteiger partial charge in [-0.1, -0.05) is 13.8 Å². The van der Waals surface area contributed by atoms with Gasteiger partial charge in [0.25, 0.3) is 0 Å². The van der Waals surface area contributed by atoms with Crippen LogP contribution in [0.15, 0.2) is 12.4 Å². The van der Waals surface area contributed by atoms with E-state index in [1.807, 2.05) is 24.0 Å². The lowest BCUT2D eigenvalue weighted by Gasteiger charge is -2.29. The fraction of sp³-hybridized carbons (Fsp3) is 0.750. The molecule has 0 saturated carbocycles. The van der Waals surface area contributed by atoms with Gasteiger partial charge in [0.05, 0.1) is 24.9 Å². The van der Waals surface area contributed by atoms with Gasteiger partial charge >= 0.3 is 0 Å². The molecular formula is C12H23N3O2. The maximum atomic E-state index is 9.30. The van der Waals surface area contributed by atoms with Crippen molar-refractivity contribution in [2.75, 3.05) is 13.2 Å². The topological polar surface area (TPSA) is 70.3 Å². The maximum Gasteiger partial charge on any atom is 0.0648 e. The predicted molar refractivity (Wildman–Crippen MR) is 66.6 cm³/mol. The summed E-state index contributed by atoms with van der Waals surface area (Å²) in [7, 11) is 0. The van der Waals surface area contributed by atoms with Crippen LogP contribution in [0.1, 0.15) is 32.3 Å². The SMILES string of the molecule is CCCn1cc(CNC(CC)(CO)CO)cn1. The van der Waals surface area contributed by atoms with Gasteiger partial charge in [0, 0.05) is 24.8 Å². The first-order valence-corrected chi connectivity index (χ1v) is 6.17. The van der Waals surface area contributed by atoms with Gasteiger partial charge in [-0.3, -0.25) is 4.68 Å². The highest BCUT2D eigenvalue weighted by molar-refractivity contribution is 5.04. The Morgan fingerprint density at radius 1 is 1.35 bits per heavy atom. The molecule has 0 aromatic carbocycles. The summed E-state index contributed by atoms with van der Waals surface area (Å²) in [5.74, 6) is 0. The lowest BCUT2D eigenvalue weighted by molar-refractivity contribution is 0.0864. The van der Waals surface area contributed by atoms with Crippen molar-refractivity contribution in [2.45, 2.75) is 45.3 Å². The van der Waals surface area contributed by atoms with E-state index in [0.29, 0.717) is 13.0 Å². The fourth-order valence-corrected chi connectivity index (χ4v) is 1.65. The second-order valence-electron chi connectivity index (χ2n) is 4.42. The fourth-order valence-electron chi connectivity index (χ4n) is 1.65. The van der Waals surface area contributed by atoms with Gasteiger partial charge in [-0.15, -0.1) is 0 Å². The van der Waals surface area contributed by atoms with E-state index in [9.17, 15) is 10.2 Å². The van der Waals surface area contributed by atoms with Crippen LogP contribution in [0.5, 0.6) is 0 Å². The summed E-state index contributed by atoms with van der Waals surface area (Å²) < 4.78 is 1.91. The molecule has 0 aliphatic heterocycles. The lowest BCUT2D eigenvalue weighted by atomic mass is 9.98. The molecule has 5 nitrogen and oxygen atoms in total. The van der Waals surface area contributed by atoms with Crippen LogP contribution in [0.3, 0.4) is 0 Å². The van der Waals surface area contributed by atoms with E-state index in [4.69, 9.17) is 0 Å². The van der Waals surface area contributed by atoms with Gasteiger partial charge in [0.15, 0.2) is 0 Å². The van der Waals surface area contributed by atoms with E-state index in [2.05, 4.69) is 17.3 Å². The molecule has 1 heterocycles. The largest absolute Gasteiger partial charge is 0.394 e. The van der Waals surface area contributed by atoms with Gasteiger partial charge in [-0.2, -0.15) is 5.10 Å². The third-order valence-corrected chi connectivity index (χ3v) is 3.09. The molecule has 0 unspecified atom stereocenters. The second kappa shape index (κ2) is 6.74. The molecule has 0 aliphatic rings. The Labute approximate surface area is 102 Å². The molecule has 0 saturated heterocycles. The van der Waals surface area contributed by atoms with E-state index in [-0.39, 0.29) is 13.2 Å². The standard InChI is InChI=1S/C12H23N3O2/c1-3-5-15-8-11(7-14-15)6-13-12(4-2,9-16)10-17/h7-8,13,16-17H,3-6,9-10H2,1-2H3. The Hall–Kier alpha value is -0.910. The second-order valence-corrected chi connectivity index (χ2v) is 4.42. The van der Waals surface area contributed by atoms with Gasteiger partial charge in [-0.25, -0.2) is 0 Å². The Kier molecular flexibility index (Phi) is 5.61. The van der Waals surface area contributed by atoms with Gasteiger partial charge < -0.3 is 15.5 Å². The number of hydrogen-bond acceptors (Lipinski definition) is 4. The van der Waals surface area contributed by atoms with Crippen molar-refractivity contribution in [1.29, 1.82) is 0 Å². The molecule has 0 amide bonds. The Bertz CT molecular complexity index is 313. The molecule has 1 aromatic heterocycles. The van der Waals surface area contributed by atoms with Crippen molar-refractivity contribution in [2.24, 2.45) is 0 Å². The first-order chi connectivity index (χ1) is 8.19. The van der Waals surface area contributed by atoms with Gasteiger partial charge in [0.1, 0.15) is 0 Å². The van der Waals surface area contributed by atoms with Crippen molar-refractivity contribution < 1.29 is 10.2 Å². The molecule has 3 N–H and O–H groups in total. The minimum absolute atomic E-state index is 0.0664. The highest BCUT2D eigenvalue weighted by atomic mass is 16.3. The van der Waals surface area contributed by atoms with Crippen LogP contribution >= 0.6 is 0 Å². The highest BCUT2D eigenvalue weighted by Crippen LogP contribution is 2.10. The van der Waals surface area contributed by atoms with E-state index in [1.54, 1.807) is 0 Å². The van der Waals surface area contributed by atoms with E-state index >= 15 is 0 Å². The van der Waals surface area contributed by atoms with Crippen LogP contribution in [0.4, 0.5) is 0 Å². The van der Waals surface area contributed by atoms with E-state index < -0.39 is 5.54 Å². The summed E-state index contributed by atoms with van der Waals surface area (Å²) in [6, 6.07) is 0. The molecule has 5 heteroatoms. The third-order valence-electron chi connectivity index (χ3n) is 3.09. The normalized spacial score (nSPS) is 12.0. The van der Waals surface area contributed by atoms with Crippen LogP contribution in [-0.2, 0) is 13.1 Å². The molecule has 1 aromatic rings. The molecule has 0 atom stereocenters. The average Bonchev–Trinajstić information content (AvgIpc) is 2.80. The van der Waals surface area contributed by atoms with Crippen LogP contribution in [-0.4, -0.2) is 38.7 Å². The molecule has 0 fully saturated rings. The first kappa shape index (κ1) is 14.2. The summed E-state index contributed by atoms with van der Waals surface area (Å²) in [6.07, 6.45) is 5.55. The Balaban J connectivity index is 2.53. The third kappa shape index (κ3) is 3.80. The van der Waals surface area contributed by atoms with Crippen molar-refractivity contribution in [3.63, 3.8) is 0 Å². The maximum absolute atomic E-state index is 9.30. The zero-order chi connectivity index (χ0) is 12.7. The number of aromatic nitrogens is 2. The minimum Gasteiger partial charge on any atom is -0.394 e. The molecule has 0 spiro atoms.